The Bertz CT molecular complexity index is 343. The highest BCUT2D eigenvalue weighted by Crippen LogP contribution is 2.30. The molecule has 0 aromatic heterocycles. The third kappa shape index (κ3) is 3.49. The highest BCUT2D eigenvalue weighted by atomic mass is 16.5. The van der Waals surface area contributed by atoms with Crippen molar-refractivity contribution in [1.82, 2.24) is 0 Å². The van der Waals surface area contributed by atoms with Gasteiger partial charge in [0.2, 0.25) is 0 Å². The lowest BCUT2D eigenvalue weighted by molar-refractivity contribution is 0.353. The molecule has 0 spiro atoms. The van der Waals surface area contributed by atoms with E-state index in [2.05, 4.69) is 25.1 Å². The van der Waals surface area contributed by atoms with Gasteiger partial charge in [0, 0.05) is 12.0 Å². The summed E-state index contributed by atoms with van der Waals surface area (Å²) in [6.45, 7) is 3.11. The van der Waals surface area contributed by atoms with E-state index in [1.165, 1.54) is 56.1 Å². The first-order chi connectivity index (χ1) is 8.42. The van der Waals surface area contributed by atoms with Crippen LogP contribution in [0.2, 0.25) is 0 Å². The monoisotopic (exact) mass is 231 g/mol. The first-order valence-electron chi connectivity index (χ1n) is 7.07. The van der Waals surface area contributed by atoms with Gasteiger partial charge in [-0.2, -0.15) is 0 Å². The predicted molar refractivity (Wildman–Crippen MR) is 71.6 cm³/mol. The molecule has 2 rings (SSSR count). The molecular formula is C16H23O. The normalized spacial score (nSPS) is 13.5. The summed E-state index contributed by atoms with van der Waals surface area (Å²) in [6, 6.07) is 7.51. The molecule has 0 N–H and O–H groups in total. The van der Waals surface area contributed by atoms with Gasteiger partial charge in [-0.25, -0.2) is 0 Å². The molecule has 1 aliphatic rings. The van der Waals surface area contributed by atoms with Crippen LogP contribution in [0.5, 0.6) is 5.75 Å². The van der Waals surface area contributed by atoms with Crippen molar-refractivity contribution < 1.29 is 4.74 Å². The van der Waals surface area contributed by atoms with Crippen LogP contribution in [0.1, 0.15) is 56.6 Å². The average Bonchev–Trinajstić information content (AvgIpc) is 2.82. The molecule has 1 aromatic carbocycles. The van der Waals surface area contributed by atoms with Crippen LogP contribution in [0.4, 0.5) is 0 Å². The highest BCUT2D eigenvalue weighted by Gasteiger charge is 2.15. The van der Waals surface area contributed by atoms with E-state index in [1.54, 1.807) is 0 Å². The van der Waals surface area contributed by atoms with Crippen LogP contribution >= 0.6 is 0 Å². The fourth-order valence-corrected chi connectivity index (χ4v) is 2.49. The molecule has 0 unspecified atom stereocenters. The Morgan fingerprint density at radius 1 is 1.18 bits per heavy atom. The summed E-state index contributed by atoms with van der Waals surface area (Å²) in [6.07, 6.45) is 10.4. The molecule has 0 fully saturated rings. The molecule has 0 saturated heterocycles. The van der Waals surface area contributed by atoms with Gasteiger partial charge in [0.25, 0.3) is 0 Å². The zero-order valence-electron chi connectivity index (χ0n) is 10.9. The highest BCUT2D eigenvalue weighted by molar-refractivity contribution is 5.43. The molecule has 1 aliphatic heterocycles. The van der Waals surface area contributed by atoms with E-state index in [4.69, 9.17) is 4.74 Å². The number of fused-ring (bicyclic) bond motifs is 1. The minimum absolute atomic E-state index is 0.847. The molecule has 93 valence electrons. The second-order valence-corrected chi connectivity index (χ2v) is 4.93. The summed E-state index contributed by atoms with van der Waals surface area (Å²) < 4.78 is 5.69. The minimum Gasteiger partial charge on any atom is -0.493 e. The van der Waals surface area contributed by atoms with Crippen LogP contribution in [0.3, 0.4) is 0 Å². The van der Waals surface area contributed by atoms with Gasteiger partial charge in [-0.1, -0.05) is 51.2 Å². The number of ether oxygens (including phenoxy) is 1. The van der Waals surface area contributed by atoms with Crippen LogP contribution in [0.15, 0.2) is 12.1 Å². The van der Waals surface area contributed by atoms with Crippen LogP contribution in [0, 0.1) is 6.07 Å². The lowest BCUT2D eigenvalue weighted by atomic mass is 10.0. The standard InChI is InChI=1S/C16H23O/c1-2-3-4-5-6-7-9-14-10-8-11-15-12-13-17-16(14)15/h8,10H,2-7,9,12-13H2,1H3. The Labute approximate surface area is 105 Å². The van der Waals surface area contributed by atoms with Gasteiger partial charge in [-0.05, 0) is 24.5 Å². The maximum absolute atomic E-state index is 5.69. The molecular weight excluding hydrogens is 208 g/mol. The number of hydrogen-bond donors (Lipinski definition) is 0. The zero-order valence-corrected chi connectivity index (χ0v) is 10.9. The number of aryl methyl sites for hydroxylation is 1. The van der Waals surface area contributed by atoms with Crippen molar-refractivity contribution in [3.05, 3.63) is 29.3 Å². The summed E-state index contributed by atoms with van der Waals surface area (Å²) in [7, 11) is 0. The van der Waals surface area contributed by atoms with Gasteiger partial charge in [-0.15, -0.1) is 0 Å². The minimum atomic E-state index is 0.847. The van der Waals surface area contributed by atoms with Crippen LogP contribution in [-0.4, -0.2) is 6.61 Å². The summed E-state index contributed by atoms with van der Waals surface area (Å²) >= 11 is 0. The van der Waals surface area contributed by atoms with Crippen LogP contribution in [-0.2, 0) is 12.8 Å². The van der Waals surface area contributed by atoms with E-state index in [0.29, 0.717) is 0 Å². The fourth-order valence-electron chi connectivity index (χ4n) is 2.49. The van der Waals surface area contributed by atoms with E-state index < -0.39 is 0 Å². The Morgan fingerprint density at radius 3 is 2.88 bits per heavy atom. The first-order valence-corrected chi connectivity index (χ1v) is 7.07. The van der Waals surface area contributed by atoms with Crippen molar-refractivity contribution in [1.29, 1.82) is 0 Å². The third-order valence-corrected chi connectivity index (χ3v) is 3.51. The van der Waals surface area contributed by atoms with Gasteiger partial charge in [-0.3, -0.25) is 0 Å². The first kappa shape index (κ1) is 12.5. The second kappa shape index (κ2) is 6.68. The second-order valence-electron chi connectivity index (χ2n) is 4.93. The Morgan fingerprint density at radius 2 is 2.00 bits per heavy atom. The number of hydrogen-bond acceptors (Lipinski definition) is 1. The van der Waals surface area contributed by atoms with Crippen LogP contribution < -0.4 is 4.74 Å². The van der Waals surface area contributed by atoms with E-state index >= 15 is 0 Å². The molecule has 17 heavy (non-hydrogen) atoms. The Kier molecular flexibility index (Phi) is 4.90. The van der Waals surface area contributed by atoms with Crippen molar-refractivity contribution in [3.8, 4) is 5.75 Å². The lowest BCUT2D eigenvalue weighted by Crippen LogP contribution is -1.92. The van der Waals surface area contributed by atoms with E-state index in [9.17, 15) is 0 Å². The number of unbranched alkanes of at least 4 members (excludes halogenated alkanes) is 5. The quantitative estimate of drug-likeness (QED) is 0.635. The lowest BCUT2D eigenvalue weighted by Gasteiger charge is -2.07. The molecule has 0 bridgehead atoms. The van der Waals surface area contributed by atoms with Gasteiger partial charge in [0.1, 0.15) is 5.75 Å². The summed E-state index contributed by atoms with van der Waals surface area (Å²) in [5, 5.41) is 0. The molecule has 1 heterocycles. The largest absolute Gasteiger partial charge is 0.493 e. The Balaban J connectivity index is 1.74. The van der Waals surface area contributed by atoms with Gasteiger partial charge >= 0.3 is 0 Å². The summed E-state index contributed by atoms with van der Waals surface area (Å²) in [5.41, 5.74) is 2.68. The van der Waals surface area contributed by atoms with E-state index in [1.807, 2.05) is 0 Å². The predicted octanol–water partition coefficient (Wildman–Crippen LogP) is 4.32. The van der Waals surface area contributed by atoms with Crippen molar-refractivity contribution in [2.24, 2.45) is 0 Å². The third-order valence-electron chi connectivity index (χ3n) is 3.51. The molecule has 0 aliphatic carbocycles. The fraction of sp³-hybridized carbons (Fsp3) is 0.625. The van der Waals surface area contributed by atoms with E-state index in [-0.39, 0.29) is 0 Å². The van der Waals surface area contributed by atoms with Crippen molar-refractivity contribution in [2.45, 2.75) is 58.3 Å². The average molecular weight is 231 g/mol. The van der Waals surface area contributed by atoms with Crippen LogP contribution in [0.25, 0.3) is 0 Å². The van der Waals surface area contributed by atoms with Gasteiger partial charge in [0.15, 0.2) is 0 Å². The molecule has 0 saturated carbocycles. The van der Waals surface area contributed by atoms with Crippen molar-refractivity contribution in [3.63, 3.8) is 0 Å². The summed E-state index contributed by atoms with van der Waals surface area (Å²) in [4.78, 5) is 0. The molecule has 1 heteroatoms. The SMILES string of the molecule is CCCCCCCCc1cc[c]c2c1OCC2. The molecule has 0 amide bonds. The van der Waals surface area contributed by atoms with Crippen molar-refractivity contribution >= 4 is 0 Å². The maximum atomic E-state index is 5.69. The Hall–Kier alpha value is -0.980. The summed E-state index contributed by atoms with van der Waals surface area (Å²) in [5.74, 6) is 1.14. The number of benzene rings is 1. The van der Waals surface area contributed by atoms with Crippen molar-refractivity contribution in [2.75, 3.05) is 6.61 Å². The maximum Gasteiger partial charge on any atom is 0.126 e. The van der Waals surface area contributed by atoms with E-state index in [0.717, 1.165) is 18.8 Å². The van der Waals surface area contributed by atoms with Gasteiger partial charge in [0.05, 0.1) is 6.61 Å². The number of rotatable bonds is 7. The van der Waals surface area contributed by atoms with Gasteiger partial charge < -0.3 is 4.74 Å². The zero-order chi connectivity index (χ0) is 11.9. The molecule has 1 nitrogen and oxygen atoms in total. The molecule has 0 atom stereocenters. The smallest absolute Gasteiger partial charge is 0.126 e. The topological polar surface area (TPSA) is 9.23 Å². The molecule has 1 aromatic rings. The molecule has 1 radical (unpaired) electrons.